The lowest BCUT2D eigenvalue weighted by Crippen LogP contribution is -2.38. The van der Waals surface area contributed by atoms with Gasteiger partial charge in [-0.2, -0.15) is 0 Å². The van der Waals surface area contributed by atoms with E-state index < -0.39 is 0 Å². The monoisotopic (exact) mass is 262 g/mol. The van der Waals surface area contributed by atoms with Crippen LogP contribution in [0.3, 0.4) is 0 Å². The minimum Gasteiger partial charge on any atom is -0.370 e. The van der Waals surface area contributed by atoms with E-state index in [-0.39, 0.29) is 5.54 Å². The average Bonchev–Trinajstić information content (AvgIpc) is 2.75. The molecule has 1 aliphatic rings. The molecule has 4 heteroatoms. The van der Waals surface area contributed by atoms with Crippen molar-refractivity contribution in [2.45, 2.75) is 58.9 Å². The Balaban J connectivity index is 2.28. The Bertz CT molecular complexity index is 428. The molecular weight excluding hydrogens is 236 g/mol. The first-order chi connectivity index (χ1) is 9.06. The first-order valence-corrected chi connectivity index (χ1v) is 7.46. The van der Waals surface area contributed by atoms with Gasteiger partial charge >= 0.3 is 0 Å². The smallest absolute Gasteiger partial charge is 0.134 e. The van der Waals surface area contributed by atoms with Gasteiger partial charge < -0.3 is 10.2 Å². The second-order valence-electron chi connectivity index (χ2n) is 5.88. The van der Waals surface area contributed by atoms with E-state index in [1.165, 1.54) is 12.8 Å². The lowest BCUT2D eigenvalue weighted by atomic mass is 10.0. The van der Waals surface area contributed by atoms with Crippen molar-refractivity contribution < 1.29 is 0 Å². The van der Waals surface area contributed by atoms with Crippen LogP contribution in [0.4, 0.5) is 11.6 Å². The summed E-state index contributed by atoms with van der Waals surface area (Å²) < 4.78 is 0. The zero-order chi connectivity index (χ0) is 13.9. The number of hydrogen-bond donors (Lipinski definition) is 1. The van der Waals surface area contributed by atoms with Crippen molar-refractivity contribution >= 4 is 11.6 Å². The fourth-order valence-electron chi connectivity index (χ4n) is 2.66. The van der Waals surface area contributed by atoms with Gasteiger partial charge in [-0.15, -0.1) is 0 Å². The molecule has 0 radical (unpaired) electrons. The number of nitrogens with zero attached hydrogens (tertiary/aromatic N) is 3. The van der Waals surface area contributed by atoms with E-state index >= 15 is 0 Å². The predicted molar refractivity (Wildman–Crippen MR) is 80.8 cm³/mol. The maximum Gasteiger partial charge on any atom is 0.134 e. The van der Waals surface area contributed by atoms with Crippen LogP contribution in [0.5, 0.6) is 0 Å². The number of anilines is 2. The van der Waals surface area contributed by atoms with Gasteiger partial charge in [-0.25, -0.2) is 9.97 Å². The molecule has 0 aliphatic carbocycles. The third-order valence-electron chi connectivity index (χ3n) is 3.81. The highest BCUT2D eigenvalue weighted by Crippen LogP contribution is 2.33. The summed E-state index contributed by atoms with van der Waals surface area (Å²) in [5, 5.41) is 3.38. The van der Waals surface area contributed by atoms with Gasteiger partial charge in [0.25, 0.3) is 0 Å². The minimum absolute atomic E-state index is 0.210. The molecule has 1 aromatic rings. The predicted octanol–water partition coefficient (Wildman–Crippen LogP) is 3.24. The first kappa shape index (κ1) is 14.1. The quantitative estimate of drug-likeness (QED) is 0.884. The molecule has 2 rings (SSSR count). The summed E-state index contributed by atoms with van der Waals surface area (Å²) in [4.78, 5) is 11.7. The van der Waals surface area contributed by atoms with Crippen LogP contribution >= 0.6 is 0 Å². The average molecular weight is 262 g/mol. The molecule has 2 heterocycles. The van der Waals surface area contributed by atoms with Gasteiger partial charge in [0.1, 0.15) is 17.5 Å². The molecule has 0 saturated carbocycles. The molecule has 0 atom stereocenters. The van der Waals surface area contributed by atoms with Crippen molar-refractivity contribution in [3.63, 3.8) is 0 Å². The lowest BCUT2D eigenvalue weighted by Gasteiger charge is -2.33. The highest BCUT2D eigenvalue weighted by Gasteiger charge is 2.33. The van der Waals surface area contributed by atoms with Gasteiger partial charge in [0.05, 0.1) is 0 Å². The zero-order valence-electron chi connectivity index (χ0n) is 12.7. The normalized spacial score (nSPS) is 17.8. The van der Waals surface area contributed by atoms with Crippen LogP contribution in [-0.2, 0) is 6.42 Å². The van der Waals surface area contributed by atoms with Crippen LogP contribution in [0.2, 0.25) is 0 Å². The lowest BCUT2D eigenvalue weighted by molar-refractivity contribution is 0.513. The van der Waals surface area contributed by atoms with E-state index in [0.29, 0.717) is 0 Å². The maximum absolute atomic E-state index is 4.71. The van der Waals surface area contributed by atoms with Crippen molar-refractivity contribution in [2.75, 3.05) is 23.3 Å². The summed E-state index contributed by atoms with van der Waals surface area (Å²) in [5.41, 5.74) is 0.210. The Morgan fingerprint density at radius 1 is 1.32 bits per heavy atom. The molecule has 0 amide bonds. The Morgan fingerprint density at radius 2 is 2.11 bits per heavy atom. The molecule has 19 heavy (non-hydrogen) atoms. The van der Waals surface area contributed by atoms with Gasteiger partial charge in [0.2, 0.25) is 0 Å². The number of nitrogens with one attached hydrogen (secondary N) is 1. The number of aryl methyl sites for hydroxylation is 1. The molecule has 106 valence electrons. The molecular formula is C15H26N4. The molecule has 1 aliphatic heterocycles. The van der Waals surface area contributed by atoms with Crippen molar-refractivity contribution in [1.82, 2.24) is 9.97 Å². The van der Waals surface area contributed by atoms with Crippen LogP contribution < -0.4 is 10.2 Å². The summed E-state index contributed by atoms with van der Waals surface area (Å²) in [6, 6.07) is 2.10. The van der Waals surface area contributed by atoms with Crippen LogP contribution in [0.1, 0.15) is 52.8 Å². The second-order valence-corrected chi connectivity index (χ2v) is 5.88. The third kappa shape index (κ3) is 3.17. The third-order valence-corrected chi connectivity index (χ3v) is 3.81. The Kier molecular flexibility index (Phi) is 4.27. The molecule has 0 spiro atoms. The molecule has 0 aromatic carbocycles. The van der Waals surface area contributed by atoms with Crippen LogP contribution in [0.25, 0.3) is 0 Å². The topological polar surface area (TPSA) is 41.0 Å². The highest BCUT2D eigenvalue weighted by molar-refractivity contribution is 5.51. The van der Waals surface area contributed by atoms with Gasteiger partial charge in [-0.3, -0.25) is 0 Å². The van der Waals surface area contributed by atoms with E-state index in [1.54, 1.807) is 0 Å². The molecule has 0 unspecified atom stereocenters. The summed E-state index contributed by atoms with van der Waals surface area (Å²) in [6.07, 6.45) is 4.46. The second kappa shape index (κ2) is 5.76. The fraction of sp³-hybridized carbons (Fsp3) is 0.733. The first-order valence-electron chi connectivity index (χ1n) is 7.46. The summed E-state index contributed by atoms with van der Waals surface area (Å²) >= 11 is 0. The molecule has 1 fully saturated rings. The Morgan fingerprint density at radius 3 is 2.68 bits per heavy atom. The summed E-state index contributed by atoms with van der Waals surface area (Å²) in [5.74, 6) is 2.97. The van der Waals surface area contributed by atoms with Crippen LogP contribution in [-0.4, -0.2) is 28.6 Å². The molecule has 1 saturated heterocycles. The molecule has 1 aromatic heterocycles. The fourth-order valence-corrected chi connectivity index (χ4v) is 2.66. The van der Waals surface area contributed by atoms with Crippen LogP contribution in [0.15, 0.2) is 6.07 Å². The Hall–Kier alpha value is -1.32. The largest absolute Gasteiger partial charge is 0.370 e. The van der Waals surface area contributed by atoms with Gasteiger partial charge in [-0.1, -0.05) is 13.8 Å². The van der Waals surface area contributed by atoms with Gasteiger partial charge in [0.15, 0.2) is 0 Å². The molecule has 4 nitrogen and oxygen atoms in total. The standard InChI is InChI=1S/C15H26N4/c1-5-9-16-13-11-14(18-12(6-2)17-13)19-10-7-8-15(19,3)4/h11H,5-10H2,1-4H3,(H,16,17,18). The van der Waals surface area contributed by atoms with Crippen molar-refractivity contribution in [3.05, 3.63) is 11.9 Å². The van der Waals surface area contributed by atoms with Crippen molar-refractivity contribution in [2.24, 2.45) is 0 Å². The minimum atomic E-state index is 0.210. The van der Waals surface area contributed by atoms with E-state index in [4.69, 9.17) is 4.98 Å². The van der Waals surface area contributed by atoms with E-state index in [2.05, 4.69) is 49.0 Å². The van der Waals surface area contributed by atoms with E-state index in [0.717, 1.165) is 43.4 Å². The molecule has 1 N–H and O–H groups in total. The molecule has 0 bridgehead atoms. The van der Waals surface area contributed by atoms with E-state index in [1.807, 2.05) is 0 Å². The maximum atomic E-state index is 4.71. The zero-order valence-corrected chi connectivity index (χ0v) is 12.7. The van der Waals surface area contributed by atoms with Crippen LogP contribution in [0, 0.1) is 0 Å². The highest BCUT2D eigenvalue weighted by atomic mass is 15.3. The SMILES string of the molecule is CCCNc1cc(N2CCCC2(C)C)nc(CC)n1. The van der Waals surface area contributed by atoms with Gasteiger partial charge in [-0.05, 0) is 33.1 Å². The van der Waals surface area contributed by atoms with Gasteiger partial charge in [0, 0.05) is 31.1 Å². The summed E-state index contributed by atoms with van der Waals surface area (Å²) in [6.45, 7) is 10.9. The van der Waals surface area contributed by atoms with E-state index in [9.17, 15) is 0 Å². The number of hydrogen-bond acceptors (Lipinski definition) is 4. The number of rotatable bonds is 5. The van der Waals surface area contributed by atoms with Crippen molar-refractivity contribution in [1.29, 1.82) is 0 Å². The Labute approximate surface area is 116 Å². The summed E-state index contributed by atoms with van der Waals surface area (Å²) in [7, 11) is 0. The van der Waals surface area contributed by atoms with Crippen molar-refractivity contribution in [3.8, 4) is 0 Å². The number of aromatic nitrogens is 2.